The van der Waals surface area contributed by atoms with Crippen LogP contribution in [-0.2, 0) is 11.2 Å². The largest absolute Gasteiger partial charge is 0.492 e. The van der Waals surface area contributed by atoms with E-state index in [1.54, 1.807) is 17.0 Å². The lowest BCUT2D eigenvalue weighted by molar-refractivity contribution is -0.117. The van der Waals surface area contributed by atoms with Crippen LogP contribution in [0.4, 0.5) is 5.69 Å². The maximum atomic E-state index is 12.7. The van der Waals surface area contributed by atoms with Gasteiger partial charge in [-0.1, -0.05) is 0 Å². The number of hydrogen-bond acceptors (Lipinski definition) is 6. The predicted octanol–water partition coefficient (Wildman–Crippen LogP) is 2.40. The summed E-state index contributed by atoms with van der Waals surface area (Å²) in [5, 5.41) is 2.96. The van der Waals surface area contributed by atoms with Crippen molar-refractivity contribution in [1.29, 1.82) is 0 Å². The molecule has 0 radical (unpaired) electrons. The van der Waals surface area contributed by atoms with Gasteiger partial charge in [0.15, 0.2) is 5.76 Å². The van der Waals surface area contributed by atoms with Gasteiger partial charge in [-0.05, 0) is 32.0 Å². The highest BCUT2D eigenvalue weighted by Gasteiger charge is 2.26. The van der Waals surface area contributed by atoms with E-state index in [-0.39, 0.29) is 24.5 Å². The number of anilines is 1. The molecule has 0 bridgehead atoms. The number of amides is 2. The molecule has 0 aliphatic carbocycles. The van der Waals surface area contributed by atoms with Crippen molar-refractivity contribution < 1.29 is 23.5 Å². The van der Waals surface area contributed by atoms with E-state index in [4.69, 9.17) is 13.9 Å². The van der Waals surface area contributed by atoms with Crippen LogP contribution in [0.15, 0.2) is 34.9 Å². The zero-order valence-electron chi connectivity index (χ0n) is 17.3. The maximum Gasteiger partial charge on any atom is 0.289 e. The molecule has 160 valence electrons. The summed E-state index contributed by atoms with van der Waals surface area (Å²) in [4.78, 5) is 28.8. The molecule has 1 N–H and O–H groups in total. The molecule has 3 heterocycles. The number of furan rings is 1. The molecule has 1 unspecified atom stereocenters. The Morgan fingerprint density at radius 3 is 2.73 bits per heavy atom. The highest BCUT2D eigenvalue weighted by Crippen LogP contribution is 2.38. The third-order valence-electron chi connectivity index (χ3n) is 5.33. The van der Waals surface area contributed by atoms with Crippen molar-refractivity contribution in [3.63, 3.8) is 0 Å². The third-order valence-corrected chi connectivity index (χ3v) is 5.33. The van der Waals surface area contributed by atoms with Crippen LogP contribution in [0.25, 0.3) is 0 Å². The molecule has 2 amide bonds. The molecule has 0 saturated carbocycles. The summed E-state index contributed by atoms with van der Waals surface area (Å²) in [5.74, 6) is 1.57. The van der Waals surface area contributed by atoms with Crippen molar-refractivity contribution in [3.8, 4) is 11.5 Å². The summed E-state index contributed by atoms with van der Waals surface area (Å²) in [6.45, 7) is 7.08. The SMILES string of the molecule is CCOc1cc2c(cc1NC(=O)CN1CCN(C(=O)c3ccco3)CC1)OC(C)C2. The first kappa shape index (κ1) is 20.3. The topological polar surface area (TPSA) is 84.3 Å². The quantitative estimate of drug-likeness (QED) is 0.783. The molecular weight excluding hydrogens is 386 g/mol. The molecule has 4 rings (SSSR count). The Labute approximate surface area is 175 Å². The van der Waals surface area contributed by atoms with Gasteiger partial charge in [0.25, 0.3) is 5.91 Å². The lowest BCUT2D eigenvalue weighted by atomic mass is 10.1. The number of rotatable bonds is 6. The molecule has 0 spiro atoms. The van der Waals surface area contributed by atoms with E-state index in [9.17, 15) is 9.59 Å². The molecule has 1 saturated heterocycles. The van der Waals surface area contributed by atoms with Gasteiger partial charge in [-0.3, -0.25) is 14.5 Å². The van der Waals surface area contributed by atoms with Crippen molar-refractivity contribution >= 4 is 17.5 Å². The summed E-state index contributed by atoms with van der Waals surface area (Å²) in [7, 11) is 0. The zero-order chi connectivity index (χ0) is 21.1. The lowest BCUT2D eigenvalue weighted by Gasteiger charge is -2.33. The summed E-state index contributed by atoms with van der Waals surface area (Å²) in [6, 6.07) is 7.17. The van der Waals surface area contributed by atoms with E-state index in [0.717, 1.165) is 17.7 Å². The number of fused-ring (bicyclic) bond motifs is 1. The van der Waals surface area contributed by atoms with Gasteiger partial charge >= 0.3 is 0 Å². The minimum atomic E-state index is -0.118. The molecule has 1 aromatic heterocycles. The second-order valence-corrected chi connectivity index (χ2v) is 7.62. The van der Waals surface area contributed by atoms with Gasteiger partial charge in [-0.15, -0.1) is 0 Å². The van der Waals surface area contributed by atoms with Crippen molar-refractivity contribution in [1.82, 2.24) is 9.80 Å². The predicted molar refractivity (Wildman–Crippen MR) is 111 cm³/mol. The molecule has 8 heteroatoms. The van der Waals surface area contributed by atoms with Crippen LogP contribution in [0, 0.1) is 0 Å². The first-order chi connectivity index (χ1) is 14.5. The average molecular weight is 413 g/mol. The van der Waals surface area contributed by atoms with Crippen LogP contribution in [0.3, 0.4) is 0 Å². The average Bonchev–Trinajstić information content (AvgIpc) is 3.37. The highest BCUT2D eigenvalue weighted by molar-refractivity contribution is 5.94. The first-order valence-corrected chi connectivity index (χ1v) is 10.3. The van der Waals surface area contributed by atoms with Crippen LogP contribution in [-0.4, -0.2) is 67.0 Å². The van der Waals surface area contributed by atoms with Crippen molar-refractivity contribution in [2.75, 3.05) is 44.6 Å². The Balaban J connectivity index is 1.33. The van der Waals surface area contributed by atoms with Gasteiger partial charge in [-0.25, -0.2) is 0 Å². The van der Waals surface area contributed by atoms with E-state index in [1.807, 2.05) is 30.9 Å². The van der Waals surface area contributed by atoms with Gasteiger partial charge in [0.2, 0.25) is 5.91 Å². The summed E-state index contributed by atoms with van der Waals surface area (Å²) < 4.78 is 16.7. The number of nitrogens with one attached hydrogen (secondary N) is 1. The number of carbonyl (C=O) groups excluding carboxylic acids is 2. The van der Waals surface area contributed by atoms with Crippen LogP contribution in [0.1, 0.15) is 30.0 Å². The second-order valence-electron chi connectivity index (χ2n) is 7.62. The fourth-order valence-electron chi connectivity index (χ4n) is 3.87. The molecule has 2 aromatic rings. The van der Waals surface area contributed by atoms with Gasteiger partial charge in [0, 0.05) is 44.2 Å². The van der Waals surface area contributed by atoms with Crippen LogP contribution in [0.2, 0.25) is 0 Å². The minimum Gasteiger partial charge on any atom is -0.492 e. The Hall–Kier alpha value is -3.00. The smallest absolute Gasteiger partial charge is 0.289 e. The fraction of sp³-hybridized carbons (Fsp3) is 0.455. The molecule has 30 heavy (non-hydrogen) atoms. The van der Waals surface area contributed by atoms with E-state index in [2.05, 4.69) is 5.32 Å². The number of nitrogens with zero attached hydrogens (tertiary/aromatic N) is 2. The molecule has 1 aromatic carbocycles. The van der Waals surface area contributed by atoms with E-state index in [0.29, 0.717) is 50.0 Å². The number of hydrogen-bond donors (Lipinski definition) is 1. The third kappa shape index (κ3) is 4.43. The van der Waals surface area contributed by atoms with E-state index < -0.39 is 0 Å². The zero-order valence-corrected chi connectivity index (χ0v) is 17.3. The fourth-order valence-corrected chi connectivity index (χ4v) is 3.87. The van der Waals surface area contributed by atoms with Gasteiger partial charge in [0.05, 0.1) is 25.1 Å². The highest BCUT2D eigenvalue weighted by atomic mass is 16.5. The minimum absolute atomic E-state index is 0.113. The lowest BCUT2D eigenvalue weighted by Crippen LogP contribution is -2.50. The number of benzene rings is 1. The van der Waals surface area contributed by atoms with Crippen molar-refractivity contribution in [3.05, 3.63) is 41.9 Å². The van der Waals surface area contributed by atoms with E-state index in [1.165, 1.54) is 6.26 Å². The summed E-state index contributed by atoms with van der Waals surface area (Å²) in [5.41, 5.74) is 1.72. The normalized spacial score (nSPS) is 18.6. The second kappa shape index (κ2) is 8.79. The number of ether oxygens (including phenoxy) is 2. The molecule has 2 aliphatic heterocycles. The maximum absolute atomic E-state index is 12.7. The summed E-state index contributed by atoms with van der Waals surface area (Å²) in [6.07, 6.45) is 2.46. The number of carbonyl (C=O) groups is 2. The van der Waals surface area contributed by atoms with Crippen molar-refractivity contribution in [2.45, 2.75) is 26.4 Å². The van der Waals surface area contributed by atoms with Crippen LogP contribution < -0.4 is 14.8 Å². The molecule has 1 fully saturated rings. The van der Waals surface area contributed by atoms with Crippen LogP contribution >= 0.6 is 0 Å². The Kier molecular flexibility index (Phi) is 5.94. The van der Waals surface area contributed by atoms with Gasteiger partial charge in [0.1, 0.15) is 17.6 Å². The summed E-state index contributed by atoms with van der Waals surface area (Å²) >= 11 is 0. The van der Waals surface area contributed by atoms with Crippen molar-refractivity contribution in [2.24, 2.45) is 0 Å². The Morgan fingerprint density at radius 2 is 2.03 bits per heavy atom. The first-order valence-electron chi connectivity index (χ1n) is 10.3. The molecular formula is C22H27N3O5. The molecule has 1 atom stereocenters. The monoisotopic (exact) mass is 413 g/mol. The van der Waals surface area contributed by atoms with Crippen LogP contribution in [0.5, 0.6) is 11.5 Å². The Bertz CT molecular complexity index is 904. The van der Waals surface area contributed by atoms with Gasteiger partial charge in [-0.2, -0.15) is 0 Å². The number of piperazine rings is 1. The van der Waals surface area contributed by atoms with Gasteiger partial charge < -0.3 is 24.1 Å². The standard InChI is InChI=1S/C22H27N3O5/c1-3-28-20-12-16-11-15(2)30-19(16)13-17(20)23-21(26)14-24-6-8-25(9-7-24)22(27)18-5-4-10-29-18/h4-5,10,12-13,15H,3,6-9,11,14H2,1-2H3,(H,23,26). The molecule has 2 aliphatic rings. The molecule has 8 nitrogen and oxygen atoms in total. The Morgan fingerprint density at radius 1 is 1.23 bits per heavy atom. The van der Waals surface area contributed by atoms with E-state index >= 15 is 0 Å².